The van der Waals surface area contributed by atoms with Crippen LogP contribution in [0.15, 0.2) is 24.5 Å². The molecule has 6 nitrogen and oxygen atoms in total. The molecule has 0 aliphatic carbocycles. The summed E-state index contributed by atoms with van der Waals surface area (Å²) in [4.78, 5) is 11.5. The number of hydrogen-bond donors (Lipinski definition) is 0. The van der Waals surface area contributed by atoms with Gasteiger partial charge < -0.3 is 14.0 Å². The normalized spacial score (nSPS) is 17.6. The second-order valence-corrected chi connectivity index (χ2v) is 6.60. The highest BCUT2D eigenvalue weighted by Crippen LogP contribution is 2.27. The van der Waals surface area contributed by atoms with Gasteiger partial charge in [-0.2, -0.15) is 0 Å². The third kappa shape index (κ3) is 4.66. The van der Waals surface area contributed by atoms with Crippen molar-refractivity contribution in [1.82, 2.24) is 19.4 Å². The molecule has 0 aromatic carbocycles. The number of nitrogens with zero attached hydrogens (tertiary/aromatic N) is 4. The van der Waals surface area contributed by atoms with E-state index in [4.69, 9.17) is 9.47 Å². The summed E-state index contributed by atoms with van der Waals surface area (Å²) in [5, 5.41) is 0. The Hall–Kier alpha value is -1.76. The Balaban J connectivity index is 1.61. The molecule has 1 aliphatic rings. The molecule has 1 atom stereocenters. The van der Waals surface area contributed by atoms with E-state index in [0.29, 0.717) is 19.1 Å². The molecule has 25 heavy (non-hydrogen) atoms. The fourth-order valence-electron chi connectivity index (χ4n) is 3.43. The largest absolute Gasteiger partial charge is 0.380 e. The number of ether oxygens (including phenoxy) is 2. The number of pyridine rings is 1. The average Bonchev–Trinajstić information content (AvgIpc) is 2.96. The van der Waals surface area contributed by atoms with Crippen molar-refractivity contribution in [3.05, 3.63) is 47.3 Å². The summed E-state index contributed by atoms with van der Waals surface area (Å²) in [5.41, 5.74) is 4.46. The lowest BCUT2D eigenvalue weighted by Crippen LogP contribution is -2.38. The lowest BCUT2D eigenvalue weighted by atomic mass is 9.99. The third-order valence-corrected chi connectivity index (χ3v) is 4.57. The summed E-state index contributed by atoms with van der Waals surface area (Å²) in [6, 6.07) is 6.04. The molecule has 3 heterocycles. The molecule has 0 radical (unpaired) electrons. The molecular formula is C19H28N4O2. The fraction of sp³-hybridized carbons (Fsp3) is 0.579. The van der Waals surface area contributed by atoms with Crippen molar-refractivity contribution < 1.29 is 9.47 Å². The molecule has 0 unspecified atom stereocenters. The summed E-state index contributed by atoms with van der Waals surface area (Å²) < 4.78 is 13.6. The van der Waals surface area contributed by atoms with Crippen molar-refractivity contribution in [2.24, 2.45) is 7.05 Å². The zero-order valence-electron chi connectivity index (χ0n) is 15.4. The van der Waals surface area contributed by atoms with Gasteiger partial charge in [-0.15, -0.1) is 0 Å². The molecule has 1 aliphatic heterocycles. The summed E-state index contributed by atoms with van der Waals surface area (Å²) >= 11 is 0. The molecule has 0 amide bonds. The highest BCUT2D eigenvalue weighted by atomic mass is 16.5. The van der Waals surface area contributed by atoms with Crippen LogP contribution in [0.4, 0.5) is 0 Å². The minimum Gasteiger partial charge on any atom is -0.380 e. The van der Waals surface area contributed by atoms with Crippen molar-refractivity contribution in [1.29, 1.82) is 0 Å². The molecule has 0 saturated carbocycles. The van der Waals surface area contributed by atoms with Gasteiger partial charge in [-0.3, -0.25) is 9.88 Å². The lowest BCUT2D eigenvalue weighted by Gasteiger charge is -2.32. The number of hydrogen-bond acceptors (Lipinski definition) is 5. The van der Waals surface area contributed by atoms with Crippen LogP contribution in [0.1, 0.15) is 35.6 Å². The van der Waals surface area contributed by atoms with E-state index in [2.05, 4.69) is 26.5 Å². The van der Waals surface area contributed by atoms with Gasteiger partial charge in [0.05, 0.1) is 37.5 Å². The molecule has 136 valence electrons. The summed E-state index contributed by atoms with van der Waals surface area (Å²) in [5.74, 6) is 0.322. The Morgan fingerprint density at radius 3 is 2.96 bits per heavy atom. The minimum absolute atomic E-state index is 0.322. The molecular weight excluding hydrogens is 316 g/mol. The van der Waals surface area contributed by atoms with E-state index in [1.807, 2.05) is 38.4 Å². The number of aromatic nitrogens is 3. The van der Waals surface area contributed by atoms with Gasteiger partial charge in [-0.1, -0.05) is 6.07 Å². The highest BCUT2D eigenvalue weighted by molar-refractivity contribution is 5.22. The van der Waals surface area contributed by atoms with Gasteiger partial charge in [0, 0.05) is 50.6 Å². The Morgan fingerprint density at radius 2 is 2.16 bits per heavy atom. The van der Waals surface area contributed by atoms with E-state index in [0.717, 1.165) is 49.9 Å². The monoisotopic (exact) mass is 344 g/mol. The average molecular weight is 344 g/mol. The molecule has 0 N–H and O–H groups in total. The summed E-state index contributed by atoms with van der Waals surface area (Å²) in [6.45, 7) is 9.57. The van der Waals surface area contributed by atoms with Gasteiger partial charge in [0.25, 0.3) is 0 Å². The van der Waals surface area contributed by atoms with Crippen LogP contribution in [0.25, 0.3) is 0 Å². The van der Waals surface area contributed by atoms with Gasteiger partial charge >= 0.3 is 0 Å². The van der Waals surface area contributed by atoms with Crippen LogP contribution in [-0.4, -0.2) is 52.3 Å². The predicted octanol–water partition coefficient (Wildman–Crippen LogP) is 2.28. The lowest BCUT2D eigenvalue weighted by molar-refractivity contribution is 0.0680. The number of imidazole rings is 1. The van der Waals surface area contributed by atoms with Crippen LogP contribution in [0.3, 0.4) is 0 Å². The first-order chi connectivity index (χ1) is 12.2. The van der Waals surface area contributed by atoms with Crippen LogP contribution in [-0.2, 0) is 29.7 Å². The fourth-order valence-corrected chi connectivity index (χ4v) is 3.43. The quantitative estimate of drug-likeness (QED) is 0.688. The minimum atomic E-state index is 0.322. The van der Waals surface area contributed by atoms with Crippen LogP contribution in [0.2, 0.25) is 0 Å². The first kappa shape index (κ1) is 18.0. The van der Waals surface area contributed by atoms with Crippen molar-refractivity contribution in [3.8, 4) is 0 Å². The Labute approximate surface area is 149 Å². The van der Waals surface area contributed by atoms with Crippen molar-refractivity contribution in [2.45, 2.75) is 32.9 Å². The highest BCUT2D eigenvalue weighted by Gasteiger charge is 2.28. The molecule has 3 rings (SSSR count). The van der Waals surface area contributed by atoms with Crippen molar-refractivity contribution >= 4 is 0 Å². The SMILES string of the molecule is CCOCCN1Cc2ncn(C)c2[C@@H](COCc2cccc(C)n2)C1. The second-order valence-electron chi connectivity index (χ2n) is 6.60. The van der Waals surface area contributed by atoms with Gasteiger partial charge in [0.15, 0.2) is 0 Å². The molecule has 0 fully saturated rings. The summed E-state index contributed by atoms with van der Waals surface area (Å²) in [7, 11) is 2.07. The van der Waals surface area contributed by atoms with Crippen molar-refractivity contribution in [3.63, 3.8) is 0 Å². The third-order valence-electron chi connectivity index (χ3n) is 4.57. The maximum atomic E-state index is 6.01. The van der Waals surface area contributed by atoms with Crippen LogP contribution >= 0.6 is 0 Å². The zero-order valence-corrected chi connectivity index (χ0v) is 15.4. The molecule has 2 aromatic rings. The van der Waals surface area contributed by atoms with Gasteiger partial charge in [-0.05, 0) is 26.0 Å². The van der Waals surface area contributed by atoms with E-state index in [-0.39, 0.29) is 0 Å². The predicted molar refractivity (Wildman–Crippen MR) is 96.3 cm³/mol. The van der Waals surface area contributed by atoms with Crippen LogP contribution in [0, 0.1) is 6.92 Å². The Kier molecular flexibility index (Phi) is 6.18. The van der Waals surface area contributed by atoms with E-state index < -0.39 is 0 Å². The smallest absolute Gasteiger partial charge is 0.0949 e. The number of fused-ring (bicyclic) bond motifs is 1. The Bertz CT molecular complexity index is 686. The number of rotatable bonds is 8. The molecule has 0 saturated heterocycles. The van der Waals surface area contributed by atoms with Gasteiger partial charge in [-0.25, -0.2) is 4.98 Å². The van der Waals surface area contributed by atoms with Gasteiger partial charge in [0.2, 0.25) is 0 Å². The first-order valence-electron chi connectivity index (χ1n) is 8.97. The van der Waals surface area contributed by atoms with Crippen molar-refractivity contribution in [2.75, 3.05) is 32.9 Å². The number of aryl methyl sites for hydroxylation is 2. The summed E-state index contributed by atoms with van der Waals surface area (Å²) in [6.07, 6.45) is 1.91. The molecule has 2 aromatic heterocycles. The van der Waals surface area contributed by atoms with E-state index >= 15 is 0 Å². The Morgan fingerprint density at radius 1 is 1.28 bits per heavy atom. The molecule has 6 heteroatoms. The topological polar surface area (TPSA) is 52.4 Å². The second kappa shape index (κ2) is 8.56. The molecule has 0 bridgehead atoms. The van der Waals surface area contributed by atoms with E-state index in [1.54, 1.807) is 0 Å². The first-order valence-corrected chi connectivity index (χ1v) is 8.97. The van der Waals surface area contributed by atoms with Crippen LogP contribution in [0.5, 0.6) is 0 Å². The van der Waals surface area contributed by atoms with Crippen LogP contribution < -0.4 is 0 Å². The van der Waals surface area contributed by atoms with E-state index in [9.17, 15) is 0 Å². The zero-order chi connectivity index (χ0) is 17.6. The van der Waals surface area contributed by atoms with E-state index in [1.165, 1.54) is 5.69 Å². The molecule has 0 spiro atoms. The maximum absolute atomic E-state index is 6.01. The maximum Gasteiger partial charge on any atom is 0.0949 e. The van der Waals surface area contributed by atoms with Gasteiger partial charge in [0.1, 0.15) is 0 Å². The standard InChI is InChI=1S/C19H28N4O2/c1-4-24-9-8-23-10-16(19-18(11-23)20-14-22(19)3)12-25-13-17-7-5-6-15(2)21-17/h5-7,14,16H,4,8-13H2,1-3H3/t16-/m1/s1.